The summed E-state index contributed by atoms with van der Waals surface area (Å²) in [6.45, 7) is 10.4. The fraction of sp³-hybridized carbons (Fsp3) is 1.00. The van der Waals surface area contributed by atoms with E-state index in [-0.39, 0.29) is 5.54 Å². The quantitative estimate of drug-likeness (QED) is 0.650. The summed E-state index contributed by atoms with van der Waals surface area (Å²) in [6.07, 6.45) is 0. The Morgan fingerprint density at radius 2 is 1.35 bits per heavy atom. The molecule has 0 aromatic heterocycles. The molecule has 1 spiro atoms. The van der Waals surface area contributed by atoms with Gasteiger partial charge in [0.05, 0.1) is 5.54 Å². The van der Waals surface area contributed by atoms with Crippen molar-refractivity contribution >= 4 is 0 Å². The molecule has 0 radical (unpaired) electrons. The van der Waals surface area contributed by atoms with Gasteiger partial charge in [0.25, 0.3) is 5.79 Å². The number of rotatable bonds is 0. The standard InChI is InChI=1S/C10H21N7/c1-8(2,3)17-10(9(4,5)11-12-17)15(6)13-14-16(10)7/h1-7H3. The maximum absolute atomic E-state index is 4.40. The number of nitrogens with zero attached hydrogens (tertiary/aromatic N) is 7. The van der Waals surface area contributed by atoms with Crippen LogP contribution in [0.25, 0.3) is 0 Å². The lowest BCUT2D eigenvalue weighted by Gasteiger charge is -2.50. The van der Waals surface area contributed by atoms with Crippen LogP contribution in [-0.4, -0.2) is 46.0 Å². The minimum Gasteiger partial charge on any atom is -0.231 e. The molecule has 0 N–H and O–H groups in total. The van der Waals surface area contributed by atoms with Crippen molar-refractivity contribution in [3.05, 3.63) is 0 Å². The summed E-state index contributed by atoms with van der Waals surface area (Å²) in [5.41, 5.74) is -0.567. The highest BCUT2D eigenvalue weighted by molar-refractivity contribution is 5.08. The van der Waals surface area contributed by atoms with Crippen molar-refractivity contribution in [3.63, 3.8) is 0 Å². The molecule has 96 valence electrons. The number of likely N-dealkylation sites (N-methyl/N-ethyl adjacent to an activating group) is 2. The average molecular weight is 239 g/mol. The molecular weight excluding hydrogens is 218 g/mol. The van der Waals surface area contributed by atoms with Crippen molar-refractivity contribution in [2.24, 2.45) is 20.8 Å². The van der Waals surface area contributed by atoms with E-state index in [1.54, 1.807) is 0 Å². The number of hydrogen-bond donors (Lipinski definition) is 0. The highest BCUT2D eigenvalue weighted by Gasteiger charge is 2.65. The zero-order chi connectivity index (χ0) is 13.1. The topological polar surface area (TPSA) is 59.2 Å². The Morgan fingerprint density at radius 3 is 1.76 bits per heavy atom. The Morgan fingerprint density at radius 1 is 0.882 bits per heavy atom. The first kappa shape index (κ1) is 12.1. The van der Waals surface area contributed by atoms with Crippen molar-refractivity contribution in [3.8, 4) is 0 Å². The van der Waals surface area contributed by atoms with Gasteiger partial charge in [-0.2, -0.15) is 5.11 Å². The summed E-state index contributed by atoms with van der Waals surface area (Å²) in [4.78, 5) is 0. The fourth-order valence-electron chi connectivity index (χ4n) is 2.67. The summed E-state index contributed by atoms with van der Waals surface area (Å²) in [5.74, 6) is -0.564. The zero-order valence-corrected chi connectivity index (χ0v) is 11.6. The highest BCUT2D eigenvalue weighted by Crippen LogP contribution is 2.48. The van der Waals surface area contributed by atoms with Crippen LogP contribution in [-0.2, 0) is 0 Å². The maximum atomic E-state index is 4.40. The SMILES string of the molecule is CN1N=NN(C)C12N(C(C)(C)C)N=NC2(C)C. The molecule has 7 heteroatoms. The molecule has 0 unspecified atom stereocenters. The van der Waals surface area contributed by atoms with Gasteiger partial charge in [0.1, 0.15) is 5.54 Å². The molecule has 0 aromatic carbocycles. The molecule has 2 rings (SSSR count). The maximum Gasteiger partial charge on any atom is 0.268 e. The first-order chi connectivity index (χ1) is 7.64. The van der Waals surface area contributed by atoms with Gasteiger partial charge in [0, 0.05) is 14.1 Å². The van der Waals surface area contributed by atoms with Crippen LogP contribution in [0.2, 0.25) is 0 Å². The molecule has 0 amide bonds. The summed E-state index contributed by atoms with van der Waals surface area (Å²) < 4.78 is 0. The summed E-state index contributed by atoms with van der Waals surface area (Å²) in [7, 11) is 3.81. The number of hydrogen-bond acceptors (Lipinski definition) is 7. The van der Waals surface area contributed by atoms with Gasteiger partial charge < -0.3 is 0 Å². The third kappa shape index (κ3) is 1.28. The minimum atomic E-state index is -0.564. The van der Waals surface area contributed by atoms with E-state index in [1.807, 2.05) is 43.0 Å². The van der Waals surface area contributed by atoms with Gasteiger partial charge in [-0.3, -0.25) is 0 Å². The Bertz CT molecular complexity index is 367. The minimum absolute atomic E-state index is 0.158. The van der Waals surface area contributed by atoms with E-state index in [9.17, 15) is 0 Å². The first-order valence-electron chi connectivity index (χ1n) is 5.76. The lowest BCUT2D eigenvalue weighted by Crippen LogP contribution is -2.71. The van der Waals surface area contributed by atoms with E-state index in [0.717, 1.165) is 0 Å². The molecule has 0 atom stereocenters. The van der Waals surface area contributed by atoms with Crippen molar-refractivity contribution in [2.45, 2.75) is 51.5 Å². The van der Waals surface area contributed by atoms with E-state index in [2.05, 4.69) is 41.6 Å². The van der Waals surface area contributed by atoms with Crippen LogP contribution >= 0.6 is 0 Å². The second kappa shape index (κ2) is 3.08. The summed E-state index contributed by atoms with van der Waals surface area (Å²) in [6, 6.07) is 0. The third-order valence-electron chi connectivity index (χ3n) is 3.35. The van der Waals surface area contributed by atoms with Crippen molar-refractivity contribution in [2.75, 3.05) is 14.1 Å². The molecule has 0 fully saturated rings. The van der Waals surface area contributed by atoms with E-state index >= 15 is 0 Å². The Balaban J connectivity index is 2.55. The summed E-state index contributed by atoms with van der Waals surface area (Å²) >= 11 is 0. The fourth-order valence-corrected chi connectivity index (χ4v) is 2.67. The molecule has 2 heterocycles. The smallest absolute Gasteiger partial charge is 0.231 e. The van der Waals surface area contributed by atoms with Gasteiger partial charge in [-0.25, -0.2) is 15.0 Å². The molecule has 0 saturated heterocycles. The molecule has 7 nitrogen and oxygen atoms in total. The van der Waals surface area contributed by atoms with Gasteiger partial charge >= 0.3 is 0 Å². The van der Waals surface area contributed by atoms with E-state index in [4.69, 9.17) is 0 Å². The highest BCUT2D eigenvalue weighted by atomic mass is 15.9. The van der Waals surface area contributed by atoms with Gasteiger partial charge in [-0.05, 0) is 45.1 Å². The Labute approximate surface area is 102 Å². The van der Waals surface area contributed by atoms with Crippen molar-refractivity contribution in [1.29, 1.82) is 0 Å². The lowest BCUT2D eigenvalue weighted by molar-refractivity contribution is -0.167. The van der Waals surface area contributed by atoms with E-state index in [0.29, 0.717) is 0 Å². The normalized spacial score (nSPS) is 25.5. The second-order valence-electron chi connectivity index (χ2n) is 6.09. The van der Waals surface area contributed by atoms with Crippen LogP contribution in [0.4, 0.5) is 0 Å². The van der Waals surface area contributed by atoms with E-state index in [1.165, 1.54) is 0 Å². The van der Waals surface area contributed by atoms with Crippen LogP contribution < -0.4 is 0 Å². The molecular formula is C10H21N7. The van der Waals surface area contributed by atoms with Crippen LogP contribution in [0, 0.1) is 0 Å². The van der Waals surface area contributed by atoms with Crippen LogP contribution in [0.3, 0.4) is 0 Å². The van der Waals surface area contributed by atoms with Gasteiger partial charge in [0.2, 0.25) is 0 Å². The van der Waals surface area contributed by atoms with Crippen LogP contribution in [0.5, 0.6) is 0 Å². The van der Waals surface area contributed by atoms with Gasteiger partial charge in [0.15, 0.2) is 0 Å². The molecule has 17 heavy (non-hydrogen) atoms. The predicted octanol–water partition coefficient (Wildman–Crippen LogP) is 2.06. The summed E-state index contributed by atoms with van der Waals surface area (Å²) in [5, 5.41) is 22.7. The third-order valence-corrected chi connectivity index (χ3v) is 3.35. The first-order valence-corrected chi connectivity index (χ1v) is 5.76. The van der Waals surface area contributed by atoms with Crippen molar-refractivity contribution < 1.29 is 0 Å². The average Bonchev–Trinajstić information content (AvgIpc) is 2.60. The molecule has 0 aliphatic carbocycles. The second-order valence-corrected chi connectivity index (χ2v) is 6.09. The predicted molar refractivity (Wildman–Crippen MR) is 63.6 cm³/mol. The molecule has 2 aliphatic rings. The van der Waals surface area contributed by atoms with E-state index < -0.39 is 11.3 Å². The molecule has 0 bridgehead atoms. The molecule has 2 aliphatic heterocycles. The monoisotopic (exact) mass is 239 g/mol. The van der Waals surface area contributed by atoms with Crippen LogP contribution in [0.1, 0.15) is 34.6 Å². The zero-order valence-electron chi connectivity index (χ0n) is 11.6. The largest absolute Gasteiger partial charge is 0.268 e. The van der Waals surface area contributed by atoms with Gasteiger partial charge in [-0.1, -0.05) is 5.22 Å². The van der Waals surface area contributed by atoms with Gasteiger partial charge in [-0.15, -0.1) is 0 Å². The molecule has 0 saturated carbocycles. The Kier molecular flexibility index (Phi) is 2.19. The van der Waals surface area contributed by atoms with Crippen LogP contribution in [0.15, 0.2) is 20.8 Å². The Hall–Kier alpha value is -1.40. The molecule has 0 aromatic rings. The van der Waals surface area contributed by atoms with Crippen molar-refractivity contribution in [1.82, 2.24) is 15.0 Å². The lowest BCUT2D eigenvalue weighted by atomic mass is 9.92.